The maximum atomic E-state index is 11.8. The summed E-state index contributed by atoms with van der Waals surface area (Å²) in [6.07, 6.45) is 3.67. The number of piperidine rings is 1. The van der Waals surface area contributed by atoms with Crippen LogP contribution in [-0.4, -0.2) is 68.1 Å². The van der Waals surface area contributed by atoms with E-state index in [1.54, 1.807) is 4.90 Å². The van der Waals surface area contributed by atoms with Crippen molar-refractivity contribution in [3.05, 3.63) is 0 Å². The van der Waals surface area contributed by atoms with Crippen LogP contribution in [0, 0.1) is 5.41 Å². The Kier molecular flexibility index (Phi) is 5.45. The minimum absolute atomic E-state index is 0.168. The first kappa shape index (κ1) is 15.3. The second-order valence-electron chi connectivity index (χ2n) is 5.65. The minimum Gasteiger partial charge on any atom is -0.331 e. The lowest BCUT2D eigenvalue weighted by molar-refractivity contribution is 0.109. The Morgan fingerprint density at radius 1 is 1.06 bits per heavy atom. The molecule has 106 valence electrons. The highest BCUT2D eigenvalue weighted by molar-refractivity contribution is 5.73. The van der Waals surface area contributed by atoms with E-state index in [0.717, 1.165) is 13.1 Å². The van der Waals surface area contributed by atoms with Gasteiger partial charge in [-0.05, 0) is 38.3 Å². The van der Waals surface area contributed by atoms with E-state index in [1.165, 1.54) is 32.4 Å². The van der Waals surface area contributed by atoms with Gasteiger partial charge in [0, 0.05) is 33.7 Å². The van der Waals surface area contributed by atoms with Crippen LogP contribution in [0.4, 0.5) is 4.79 Å². The highest BCUT2D eigenvalue weighted by Crippen LogP contribution is 2.39. The predicted octanol–water partition coefficient (Wildman–Crippen LogP) is 2.11. The quantitative estimate of drug-likeness (QED) is 0.663. The standard InChI is InChI=1S/C12H23N3O.C2H6/c1-13(2)11(16)15-8-5-12(6-9-15)4-7-14(3)10-12;1-2/h4-10H2,1-3H3;1-2H3. The predicted molar refractivity (Wildman–Crippen MR) is 75.8 cm³/mol. The summed E-state index contributed by atoms with van der Waals surface area (Å²) in [6, 6.07) is 0.168. The molecule has 4 nitrogen and oxygen atoms in total. The van der Waals surface area contributed by atoms with Crippen LogP contribution in [0.5, 0.6) is 0 Å². The molecule has 2 rings (SSSR count). The van der Waals surface area contributed by atoms with Crippen molar-refractivity contribution in [2.75, 3.05) is 47.3 Å². The van der Waals surface area contributed by atoms with Crippen molar-refractivity contribution in [1.82, 2.24) is 14.7 Å². The zero-order valence-corrected chi connectivity index (χ0v) is 12.7. The number of hydrogen-bond acceptors (Lipinski definition) is 2. The summed E-state index contributed by atoms with van der Waals surface area (Å²) in [7, 11) is 5.86. The third kappa shape index (κ3) is 3.37. The summed E-state index contributed by atoms with van der Waals surface area (Å²) in [5, 5.41) is 0. The molecular formula is C14H29N3O. The van der Waals surface area contributed by atoms with Gasteiger partial charge < -0.3 is 14.7 Å². The lowest BCUT2D eigenvalue weighted by atomic mass is 9.78. The van der Waals surface area contributed by atoms with E-state index >= 15 is 0 Å². The summed E-state index contributed by atoms with van der Waals surface area (Å²) in [4.78, 5) is 17.9. The van der Waals surface area contributed by atoms with Crippen molar-refractivity contribution < 1.29 is 4.79 Å². The minimum atomic E-state index is 0.168. The van der Waals surface area contributed by atoms with E-state index in [-0.39, 0.29) is 6.03 Å². The first-order valence-electron chi connectivity index (χ1n) is 7.17. The molecule has 0 unspecified atom stereocenters. The number of carbonyl (C=O) groups excluding carboxylic acids is 1. The van der Waals surface area contributed by atoms with E-state index < -0.39 is 0 Å². The van der Waals surface area contributed by atoms with Gasteiger partial charge in [-0.3, -0.25) is 0 Å². The second-order valence-corrected chi connectivity index (χ2v) is 5.65. The number of hydrogen-bond donors (Lipinski definition) is 0. The zero-order valence-electron chi connectivity index (χ0n) is 12.7. The van der Waals surface area contributed by atoms with Gasteiger partial charge >= 0.3 is 6.03 Å². The smallest absolute Gasteiger partial charge is 0.319 e. The summed E-state index contributed by atoms with van der Waals surface area (Å²) in [5.74, 6) is 0. The Morgan fingerprint density at radius 3 is 1.94 bits per heavy atom. The van der Waals surface area contributed by atoms with E-state index in [2.05, 4.69) is 11.9 Å². The Hall–Kier alpha value is -0.770. The van der Waals surface area contributed by atoms with Gasteiger partial charge in [0.15, 0.2) is 0 Å². The van der Waals surface area contributed by atoms with Gasteiger partial charge in [-0.15, -0.1) is 0 Å². The average molecular weight is 255 g/mol. The first-order chi connectivity index (χ1) is 8.52. The van der Waals surface area contributed by atoms with Crippen molar-refractivity contribution in [2.24, 2.45) is 5.41 Å². The van der Waals surface area contributed by atoms with Gasteiger partial charge in [0.05, 0.1) is 0 Å². The molecule has 1 spiro atoms. The fourth-order valence-electron chi connectivity index (χ4n) is 3.02. The summed E-state index contributed by atoms with van der Waals surface area (Å²) >= 11 is 0. The highest BCUT2D eigenvalue weighted by atomic mass is 16.2. The second kappa shape index (κ2) is 6.41. The number of urea groups is 1. The van der Waals surface area contributed by atoms with Crippen LogP contribution in [0.1, 0.15) is 33.1 Å². The van der Waals surface area contributed by atoms with Crippen molar-refractivity contribution in [2.45, 2.75) is 33.1 Å². The van der Waals surface area contributed by atoms with Crippen LogP contribution < -0.4 is 0 Å². The fraction of sp³-hybridized carbons (Fsp3) is 0.929. The Labute approximate surface area is 112 Å². The molecule has 4 heteroatoms. The highest BCUT2D eigenvalue weighted by Gasteiger charge is 2.40. The van der Waals surface area contributed by atoms with E-state index in [0.29, 0.717) is 5.41 Å². The van der Waals surface area contributed by atoms with Crippen molar-refractivity contribution >= 4 is 6.03 Å². The van der Waals surface area contributed by atoms with Crippen LogP contribution in [0.2, 0.25) is 0 Å². The van der Waals surface area contributed by atoms with Crippen LogP contribution in [0.15, 0.2) is 0 Å². The third-order valence-corrected chi connectivity index (χ3v) is 4.11. The maximum Gasteiger partial charge on any atom is 0.319 e. The van der Waals surface area contributed by atoms with Crippen molar-refractivity contribution in [3.8, 4) is 0 Å². The number of amides is 2. The van der Waals surface area contributed by atoms with Crippen LogP contribution in [-0.2, 0) is 0 Å². The Balaban J connectivity index is 0.000000771. The molecule has 0 aromatic rings. The number of rotatable bonds is 0. The van der Waals surface area contributed by atoms with Gasteiger partial charge in [-0.2, -0.15) is 0 Å². The monoisotopic (exact) mass is 255 g/mol. The molecule has 2 heterocycles. The average Bonchev–Trinajstić information content (AvgIpc) is 2.73. The maximum absolute atomic E-state index is 11.8. The van der Waals surface area contributed by atoms with Crippen LogP contribution in [0.25, 0.3) is 0 Å². The molecule has 18 heavy (non-hydrogen) atoms. The molecule has 2 saturated heterocycles. The number of likely N-dealkylation sites (tertiary alicyclic amines) is 2. The molecule has 2 aliphatic rings. The molecule has 0 aromatic heterocycles. The van der Waals surface area contributed by atoms with Gasteiger partial charge in [0.1, 0.15) is 0 Å². The van der Waals surface area contributed by atoms with Gasteiger partial charge in [-0.25, -0.2) is 4.79 Å². The van der Waals surface area contributed by atoms with Gasteiger partial charge in [-0.1, -0.05) is 13.8 Å². The lowest BCUT2D eigenvalue weighted by Gasteiger charge is -2.40. The Morgan fingerprint density at radius 2 is 1.56 bits per heavy atom. The topological polar surface area (TPSA) is 26.8 Å². The van der Waals surface area contributed by atoms with Crippen molar-refractivity contribution in [1.29, 1.82) is 0 Å². The fourth-order valence-corrected chi connectivity index (χ4v) is 3.02. The molecule has 0 atom stereocenters. The molecule has 0 aliphatic carbocycles. The third-order valence-electron chi connectivity index (χ3n) is 4.11. The van der Waals surface area contributed by atoms with E-state index in [9.17, 15) is 4.79 Å². The van der Waals surface area contributed by atoms with Gasteiger partial charge in [0.25, 0.3) is 0 Å². The summed E-state index contributed by atoms with van der Waals surface area (Å²) in [6.45, 7) is 8.31. The molecular weight excluding hydrogens is 226 g/mol. The van der Waals surface area contributed by atoms with E-state index in [4.69, 9.17) is 0 Å². The largest absolute Gasteiger partial charge is 0.331 e. The number of carbonyl (C=O) groups is 1. The molecule has 2 fully saturated rings. The number of nitrogens with zero attached hydrogens (tertiary/aromatic N) is 3. The lowest BCUT2D eigenvalue weighted by Crippen LogP contribution is -2.47. The van der Waals surface area contributed by atoms with Crippen LogP contribution >= 0.6 is 0 Å². The zero-order chi connectivity index (χ0) is 13.8. The molecule has 0 saturated carbocycles. The normalized spacial score (nSPS) is 22.6. The molecule has 2 amide bonds. The molecule has 0 radical (unpaired) electrons. The first-order valence-corrected chi connectivity index (χ1v) is 7.17. The summed E-state index contributed by atoms with van der Waals surface area (Å²) < 4.78 is 0. The Bertz CT molecular complexity index is 270. The molecule has 0 N–H and O–H groups in total. The van der Waals surface area contributed by atoms with E-state index in [1.807, 2.05) is 32.8 Å². The SMILES string of the molecule is CC.CN1CCC2(CCN(C(=O)N(C)C)CC2)C1. The molecule has 2 aliphatic heterocycles. The van der Waals surface area contributed by atoms with Crippen LogP contribution in [0.3, 0.4) is 0 Å². The molecule has 0 aromatic carbocycles. The molecule has 0 bridgehead atoms. The summed E-state index contributed by atoms with van der Waals surface area (Å²) in [5.41, 5.74) is 0.512. The van der Waals surface area contributed by atoms with Gasteiger partial charge in [0.2, 0.25) is 0 Å². The van der Waals surface area contributed by atoms with Crippen molar-refractivity contribution in [3.63, 3.8) is 0 Å².